The highest BCUT2D eigenvalue weighted by Gasteiger charge is 2.44. The quantitative estimate of drug-likeness (QED) is 0.233. The number of nitrogens with zero attached hydrogens (tertiary/aromatic N) is 3. The molecule has 0 bridgehead atoms. The van der Waals surface area contributed by atoms with Crippen LogP contribution in [0.1, 0.15) is 26.5 Å². The van der Waals surface area contributed by atoms with E-state index in [0.29, 0.717) is 10.6 Å². The Labute approximate surface area is 225 Å². The fraction of sp³-hybridized carbons (Fsp3) is 0.143. The van der Waals surface area contributed by atoms with E-state index in [2.05, 4.69) is 13.0 Å². The van der Waals surface area contributed by atoms with E-state index in [0.717, 1.165) is 25.7 Å². The summed E-state index contributed by atoms with van der Waals surface area (Å²) in [7, 11) is 0. The van der Waals surface area contributed by atoms with Crippen LogP contribution in [0, 0.1) is 6.92 Å². The first-order valence-corrected chi connectivity index (χ1v) is 14.3. The molecular formula is C28H21N3O3S3. The Morgan fingerprint density at radius 1 is 1.03 bits per heavy atom. The maximum Gasteiger partial charge on any atom is 0.264 e. The van der Waals surface area contributed by atoms with E-state index in [1.807, 2.05) is 53.2 Å². The van der Waals surface area contributed by atoms with Crippen LogP contribution in [-0.4, -0.2) is 33.6 Å². The summed E-state index contributed by atoms with van der Waals surface area (Å²) in [6.45, 7) is 2.34. The number of imide groups is 1. The number of hydrogen-bond acceptors (Lipinski definition) is 7. The van der Waals surface area contributed by atoms with E-state index in [1.54, 1.807) is 29.5 Å². The largest absolute Gasteiger partial charge is 0.320 e. The van der Waals surface area contributed by atoms with Gasteiger partial charge in [-0.1, -0.05) is 18.2 Å². The summed E-state index contributed by atoms with van der Waals surface area (Å²) in [5.41, 5.74) is 3.55. The zero-order valence-corrected chi connectivity index (χ0v) is 22.2. The number of thiazole rings is 1. The average Bonchev–Trinajstić information content (AvgIpc) is 3.70. The number of aromatic nitrogens is 1. The highest BCUT2D eigenvalue weighted by molar-refractivity contribution is 7.21. The molecule has 0 aliphatic carbocycles. The molecule has 1 saturated heterocycles. The van der Waals surface area contributed by atoms with Gasteiger partial charge in [-0.15, -0.1) is 34.0 Å². The zero-order valence-electron chi connectivity index (χ0n) is 19.8. The molecular weight excluding hydrogens is 523 g/mol. The number of aryl methyl sites for hydroxylation is 1. The lowest BCUT2D eigenvalue weighted by atomic mass is 10.2. The van der Waals surface area contributed by atoms with Gasteiger partial charge in [0.05, 0.1) is 33.7 Å². The lowest BCUT2D eigenvalue weighted by molar-refractivity contribution is -0.122. The van der Waals surface area contributed by atoms with E-state index >= 15 is 0 Å². The third-order valence-electron chi connectivity index (χ3n) is 6.31. The molecule has 4 heterocycles. The van der Waals surface area contributed by atoms with Gasteiger partial charge in [-0.2, -0.15) is 0 Å². The molecule has 9 heteroatoms. The minimum absolute atomic E-state index is 0.0414. The number of fused-ring (bicyclic) bond motifs is 1. The molecule has 1 unspecified atom stereocenters. The second-order valence-electron chi connectivity index (χ2n) is 8.81. The van der Waals surface area contributed by atoms with Gasteiger partial charge in [-0.25, -0.2) is 9.88 Å². The fourth-order valence-electron chi connectivity index (χ4n) is 4.47. The normalized spacial score (nSPS) is 15.6. The van der Waals surface area contributed by atoms with Gasteiger partial charge in [0.25, 0.3) is 11.8 Å². The molecule has 0 spiro atoms. The van der Waals surface area contributed by atoms with Crippen molar-refractivity contribution in [3.05, 3.63) is 92.8 Å². The first-order valence-electron chi connectivity index (χ1n) is 11.7. The standard InChI is InChI=1S/C28H21N3O3S3/c1-17-6-11-21-24(14-17)37-26(29-21)18-7-9-19(10-8-18)31-25(32)15-22(27(31)33)30(16-20-4-2-12-35-20)28(34)23-5-3-13-36-23/h2-14,22H,15-16H2,1H3. The number of hydrogen-bond donors (Lipinski definition) is 0. The molecule has 0 saturated carbocycles. The Morgan fingerprint density at radius 2 is 1.81 bits per heavy atom. The minimum Gasteiger partial charge on any atom is -0.320 e. The van der Waals surface area contributed by atoms with Crippen LogP contribution in [0.5, 0.6) is 0 Å². The molecule has 184 valence electrons. The van der Waals surface area contributed by atoms with Crippen molar-refractivity contribution in [3.8, 4) is 10.6 Å². The van der Waals surface area contributed by atoms with Crippen LogP contribution >= 0.6 is 34.0 Å². The van der Waals surface area contributed by atoms with Crippen molar-refractivity contribution in [1.29, 1.82) is 0 Å². The molecule has 37 heavy (non-hydrogen) atoms. The van der Waals surface area contributed by atoms with E-state index < -0.39 is 6.04 Å². The van der Waals surface area contributed by atoms with Crippen molar-refractivity contribution >= 4 is 67.6 Å². The van der Waals surface area contributed by atoms with Gasteiger partial charge in [0.2, 0.25) is 5.91 Å². The average molecular weight is 544 g/mol. The van der Waals surface area contributed by atoms with Gasteiger partial charge in [0.1, 0.15) is 11.0 Å². The van der Waals surface area contributed by atoms with Crippen molar-refractivity contribution in [2.75, 3.05) is 4.90 Å². The van der Waals surface area contributed by atoms with Gasteiger partial charge in [0.15, 0.2) is 0 Å². The van der Waals surface area contributed by atoms with Crippen LogP contribution < -0.4 is 4.90 Å². The predicted molar refractivity (Wildman–Crippen MR) is 149 cm³/mol. The molecule has 0 N–H and O–H groups in total. The van der Waals surface area contributed by atoms with Crippen LogP contribution in [-0.2, 0) is 16.1 Å². The molecule has 1 atom stereocenters. The highest BCUT2D eigenvalue weighted by Crippen LogP contribution is 2.34. The van der Waals surface area contributed by atoms with Gasteiger partial charge < -0.3 is 4.90 Å². The van der Waals surface area contributed by atoms with Crippen molar-refractivity contribution in [1.82, 2.24) is 9.88 Å². The molecule has 2 aromatic carbocycles. The number of anilines is 1. The summed E-state index contributed by atoms with van der Waals surface area (Å²) in [5.74, 6) is -0.930. The Balaban J connectivity index is 1.27. The summed E-state index contributed by atoms with van der Waals surface area (Å²) < 4.78 is 1.12. The third kappa shape index (κ3) is 4.50. The first kappa shape index (κ1) is 23.7. The summed E-state index contributed by atoms with van der Waals surface area (Å²) in [5, 5.41) is 4.65. The lowest BCUT2D eigenvalue weighted by Crippen LogP contribution is -2.44. The predicted octanol–water partition coefficient (Wildman–Crippen LogP) is 6.37. The molecule has 1 aliphatic heterocycles. The SMILES string of the molecule is Cc1ccc2nc(-c3ccc(N4C(=O)CC(N(Cc5cccs5)C(=O)c5cccs5)C4=O)cc3)sc2c1. The van der Waals surface area contributed by atoms with Crippen LogP contribution in [0.2, 0.25) is 0 Å². The molecule has 3 amide bonds. The van der Waals surface area contributed by atoms with Gasteiger partial charge >= 0.3 is 0 Å². The summed E-state index contributed by atoms with van der Waals surface area (Å²) in [4.78, 5) is 49.0. The van der Waals surface area contributed by atoms with E-state index in [9.17, 15) is 14.4 Å². The molecule has 5 aromatic rings. The van der Waals surface area contributed by atoms with Crippen LogP contribution in [0.25, 0.3) is 20.8 Å². The maximum atomic E-state index is 13.6. The molecule has 3 aromatic heterocycles. The topological polar surface area (TPSA) is 70.6 Å². The van der Waals surface area contributed by atoms with Crippen molar-refractivity contribution in [3.63, 3.8) is 0 Å². The molecule has 1 aliphatic rings. The Bertz CT molecular complexity index is 1610. The fourth-order valence-corrected chi connectivity index (χ4v) is 6.93. The van der Waals surface area contributed by atoms with Gasteiger partial charge in [-0.05, 0) is 71.8 Å². The van der Waals surface area contributed by atoms with E-state index in [1.165, 1.54) is 38.0 Å². The van der Waals surface area contributed by atoms with E-state index in [4.69, 9.17) is 4.98 Å². The van der Waals surface area contributed by atoms with Crippen molar-refractivity contribution < 1.29 is 14.4 Å². The first-order chi connectivity index (χ1) is 18.0. The molecule has 6 nitrogen and oxygen atoms in total. The number of amides is 3. The van der Waals surface area contributed by atoms with Crippen LogP contribution in [0.4, 0.5) is 5.69 Å². The van der Waals surface area contributed by atoms with Gasteiger partial charge in [0, 0.05) is 10.4 Å². The number of rotatable bonds is 6. The summed E-state index contributed by atoms with van der Waals surface area (Å²) in [6, 6.07) is 20.0. The molecule has 0 radical (unpaired) electrons. The lowest BCUT2D eigenvalue weighted by Gasteiger charge is -2.27. The number of carbonyl (C=O) groups excluding carboxylic acids is 3. The second kappa shape index (κ2) is 9.66. The Kier molecular flexibility index (Phi) is 6.19. The van der Waals surface area contributed by atoms with Crippen LogP contribution in [0.3, 0.4) is 0 Å². The summed E-state index contributed by atoms with van der Waals surface area (Å²) >= 11 is 4.46. The molecule has 1 fully saturated rings. The van der Waals surface area contributed by atoms with Crippen LogP contribution in [0.15, 0.2) is 77.5 Å². The second-order valence-corrected chi connectivity index (χ2v) is 11.8. The number of benzene rings is 2. The minimum atomic E-state index is -0.851. The number of carbonyl (C=O) groups is 3. The van der Waals surface area contributed by atoms with Crippen molar-refractivity contribution in [2.45, 2.75) is 25.9 Å². The Morgan fingerprint density at radius 3 is 2.54 bits per heavy atom. The highest BCUT2D eigenvalue weighted by atomic mass is 32.1. The van der Waals surface area contributed by atoms with Crippen molar-refractivity contribution in [2.24, 2.45) is 0 Å². The third-order valence-corrected chi connectivity index (χ3v) is 9.10. The number of thiophene rings is 2. The monoisotopic (exact) mass is 543 g/mol. The van der Waals surface area contributed by atoms with Gasteiger partial charge in [-0.3, -0.25) is 14.4 Å². The Hall–Kier alpha value is -3.66. The molecule has 6 rings (SSSR count). The zero-order chi connectivity index (χ0) is 25.5. The smallest absolute Gasteiger partial charge is 0.264 e. The van der Waals surface area contributed by atoms with E-state index in [-0.39, 0.29) is 30.7 Å². The summed E-state index contributed by atoms with van der Waals surface area (Å²) in [6.07, 6.45) is -0.0414. The maximum absolute atomic E-state index is 13.6.